The lowest BCUT2D eigenvalue weighted by atomic mass is 10.1. The minimum absolute atomic E-state index is 0.00437. The van der Waals surface area contributed by atoms with Crippen molar-refractivity contribution in [3.63, 3.8) is 0 Å². The largest absolute Gasteiger partial charge is 0.337 e. The summed E-state index contributed by atoms with van der Waals surface area (Å²) in [5.41, 5.74) is 0.890. The van der Waals surface area contributed by atoms with Crippen LogP contribution in [0, 0.1) is 17.0 Å². The maximum absolute atomic E-state index is 13.0. The summed E-state index contributed by atoms with van der Waals surface area (Å²) >= 11 is 0. The molecule has 1 saturated heterocycles. The molecule has 1 aliphatic rings. The number of nitro benzene ring substituents is 1. The predicted octanol–water partition coefficient (Wildman–Crippen LogP) is 2.41. The number of benzene rings is 1. The normalized spacial score (nSPS) is 17.9. The van der Waals surface area contributed by atoms with Gasteiger partial charge in [0.2, 0.25) is 5.89 Å². The fraction of sp³-hybridized carbons (Fsp3) is 0.500. The highest BCUT2D eigenvalue weighted by Gasteiger charge is 2.35. The van der Waals surface area contributed by atoms with Gasteiger partial charge in [0.1, 0.15) is 6.04 Å². The van der Waals surface area contributed by atoms with Crippen molar-refractivity contribution in [1.29, 1.82) is 0 Å². The molecular formula is C18H23N5O4. The van der Waals surface area contributed by atoms with Crippen LogP contribution < -0.4 is 5.32 Å². The highest BCUT2D eigenvalue weighted by molar-refractivity contribution is 5.95. The zero-order valence-electron chi connectivity index (χ0n) is 15.6. The summed E-state index contributed by atoms with van der Waals surface area (Å²) < 4.78 is 5.41. The summed E-state index contributed by atoms with van der Waals surface area (Å²) in [6, 6.07) is 4.39. The average molecular weight is 373 g/mol. The van der Waals surface area contributed by atoms with E-state index in [0.29, 0.717) is 35.8 Å². The molecule has 1 amide bonds. The van der Waals surface area contributed by atoms with E-state index in [9.17, 15) is 14.9 Å². The zero-order chi connectivity index (χ0) is 19.6. The predicted molar refractivity (Wildman–Crippen MR) is 97.4 cm³/mol. The molecule has 2 atom stereocenters. The Balaban J connectivity index is 1.79. The second-order valence-corrected chi connectivity index (χ2v) is 6.86. The lowest BCUT2D eigenvalue weighted by molar-refractivity contribution is -0.385. The molecule has 2 unspecified atom stereocenters. The molecular weight excluding hydrogens is 350 g/mol. The van der Waals surface area contributed by atoms with Crippen molar-refractivity contribution in [3.8, 4) is 0 Å². The summed E-state index contributed by atoms with van der Waals surface area (Å²) in [7, 11) is 1.87. The van der Waals surface area contributed by atoms with Gasteiger partial charge >= 0.3 is 0 Å². The van der Waals surface area contributed by atoms with Gasteiger partial charge in [0.25, 0.3) is 11.6 Å². The molecule has 0 bridgehead atoms. The van der Waals surface area contributed by atoms with E-state index in [0.717, 1.165) is 12.8 Å². The molecule has 27 heavy (non-hydrogen) atoms. The highest BCUT2D eigenvalue weighted by atomic mass is 16.6. The Morgan fingerprint density at radius 3 is 2.96 bits per heavy atom. The van der Waals surface area contributed by atoms with Gasteiger partial charge in [-0.3, -0.25) is 14.9 Å². The van der Waals surface area contributed by atoms with Crippen LogP contribution >= 0.6 is 0 Å². The number of carbonyl (C=O) groups excluding carboxylic acids is 1. The number of likely N-dealkylation sites (N-methyl/N-ethyl adjacent to an activating group) is 1. The van der Waals surface area contributed by atoms with Crippen LogP contribution in [-0.2, 0) is 6.42 Å². The van der Waals surface area contributed by atoms with Gasteiger partial charge in [-0.2, -0.15) is 4.98 Å². The van der Waals surface area contributed by atoms with Crippen LogP contribution in [0.4, 0.5) is 5.69 Å². The first-order valence-corrected chi connectivity index (χ1v) is 8.96. The smallest absolute Gasteiger partial charge is 0.272 e. The van der Waals surface area contributed by atoms with Crippen LogP contribution in [0.1, 0.15) is 53.4 Å². The van der Waals surface area contributed by atoms with Crippen molar-refractivity contribution in [2.75, 3.05) is 13.6 Å². The van der Waals surface area contributed by atoms with Gasteiger partial charge in [0.15, 0.2) is 5.82 Å². The van der Waals surface area contributed by atoms with Gasteiger partial charge in [0.05, 0.1) is 4.92 Å². The SMILES string of the molecule is CNC(C)Cc1noc(C2CCCN2C(=O)c2ccc([N+](=O)[O-])c(C)c2)n1. The number of hydrogen-bond acceptors (Lipinski definition) is 7. The van der Waals surface area contributed by atoms with Gasteiger partial charge in [-0.25, -0.2) is 0 Å². The third-order valence-corrected chi connectivity index (χ3v) is 4.90. The second-order valence-electron chi connectivity index (χ2n) is 6.86. The number of hydrogen-bond donors (Lipinski definition) is 1. The van der Waals surface area contributed by atoms with Gasteiger partial charge in [-0.15, -0.1) is 0 Å². The average Bonchev–Trinajstić information content (AvgIpc) is 3.29. The molecule has 1 aromatic heterocycles. The van der Waals surface area contributed by atoms with Gasteiger partial charge < -0.3 is 14.7 Å². The molecule has 1 N–H and O–H groups in total. The first-order chi connectivity index (χ1) is 12.9. The van der Waals surface area contributed by atoms with Gasteiger partial charge in [-0.1, -0.05) is 5.16 Å². The summed E-state index contributed by atoms with van der Waals surface area (Å²) in [6.07, 6.45) is 2.23. The zero-order valence-corrected chi connectivity index (χ0v) is 15.6. The third kappa shape index (κ3) is 3.97. The standard InChI is InChI=1S/C18H23N5O4/c1-11-9-13(6-7-14(11)23(25)26)18(24)22-8-4-5-15(22)17-20-16(21-27-17)10-12(2)19-3/h6-7,9,12,15,19H,4-5,8,10H2,1-3H3. The second kappa shape index (κ2) is 7.83. The fourth-order valence-corrected chi connectivity index (χ4v) is 3.29. The van der Waals surface area contributed by atoms with Crippen LogP contribution in [0.2, 0.25) is 0 Å². The van der Waals surface area contributed by atoms with Crippen LogP contribution in [0.15, 0.2) is 22.7 Å². The Kier molecular flexibility index (Phi) is 5.50. The lowest BCUT2D eigenvalue weighted by Crippen LogP contribution is -2.31. The van der Waals surface area contributed by atoms with Crippen molar-refractivity contribution in [3.05, 3.63) is 51.2 Å². The van der Waals surface area contributed by atoms with Crippen molar-refractivity contribution in [2.24, 2.45) is 0 Å². The van der Waals surface area contributed by atoms with E-state index in [-0.39, 0.29) is 23.7 Å². The number of rotatable bonds is 6. The summed E-state index contributed by atoms with van der Waals surface area (Å²) in [5, 5.41) is 18.1. The number of likely N-dealkylation sites (tertiary alicyclic amines) is 1. The van der Waals surface area contributed by atoms with Gasteiger partial charge in [-0.05, 0) is 45.9 Å². The minimum Gasteiger partial charge on any atom is -0.337 e. The van der Waals surface area contributed by atoms with Crippen LogP contribution in [0.25, 0.3) is 0 Å². The molecule has 1 fully saturated rings. The molecule has 9 heteroatoms. The monoisotopic (exact) mass is 373 g/mol. The molecule has 2 heterocycles. The topological polar surface area (TPSA) is 114 Å². The molecule has 2 aromatic rings. The quantitative estimate of drug-likeness (QED) is 0.611. The van der Waals surface area contributed by atoms with E-state index in [4.69, 9.17) is 4.52 Å². The van der Waals surface area contributed by atoms with Crippen molar-refractivity contribution in [2.45, 2.75) is 45.2 Å². The maximum Gasteiger partial charge on any atom is 0.272 e. The van der Waals surface area contributed by atoms with E-state index in [1.165, 1.54) is 12.1 Å². The number of aromatic nitrogens is 2. The van der Waals surface area contributed by atoms with Crippen LogP contribution in [0.3, 0.4) is 0 Å². The Hall–Kier alpha value is -2.81. The molecule has 1 aliphatic heterocycles. The molecule has 0 aliphatic carbocycles. The highest BCUT2D eigenvalue weighted by Crippen LogP contribution is 2.33. The number of carbonyl (C=O) groups is 1. The lowest BCUT2D eigenvalue weighted by Gasteiger charge is -2.22. The van der Waals surface area contributed by atoms with Crippen molar-refractivity contribution < 1.29 is 14.2 Å². The first-order valence-electron chi connectivity index (χ1n) is 8.96. The number of amides is 1. The fourth-order valence-electron chi connectivity index (χ4n) is 3.29. The van der Waals surface area contributed by atoms with Crippen molar-refractivity contribution in [1.82, 2.24) is 20.4 Å². The molecule has 0 spiro atoms. The summed E-state index contributed by atoms with van der Waals surface area (Å²) in [5.74, 6) is 0.869. The number of nitrogens with zero attached hydrogens (tertiary/aromatic N) is 4. The molecule has 1 aromatic carbocycles. The van der Waals surface area contributed by atoms with Crippen LogP contribution in [-0.4, -0.2) is 45.5 Å². The molecule has 0 radical (unpaired) electrons. The first kappa shape index (κ1) is 19.0. The summed E-state index contributed by atoms with van der Waals surface area (Å²) in [6.45, 7) is 4.24. The number of nitrogens with one attached hydrogen (secondary N) is 1. The Morgan fingerprint density at radius 1 is 1.52 bits per heavy atom. The molecule has 9 nitrogen and oxygen atoms in total. The van der Waals surface area contributed by atoms with E-state index in [2.05, 4.69) is 15.5 Å². The summed E-state index contributed by atoms with van der Waals surface area (Å²) in [4.78, 5) is 29.6. The number of nitro groups is 1. The Labute approximate surface area is 156 Å². The number of aryl methyl sites for hydroxylation is 1. The van der Waals surface area contributed by atoms with Crippen molar-refractivity contribution >= 4 is 11.6 Å². The molecule has 0 saturated carbocycles. The maximum atomic E-state index is 13.0. The van der Waals surface area contributed by atoms with E-state index < -0.39 is 4.92 Å². The van der Waals surface area contributed by atoms with E-state index in [1.54, 1.807) is 17.9 Å². The van der Waals surface area contributed by atoms with E-state index >= 15 is 0 Å². The minimum atomic E-state index is -0.450. The third-order valence-electron chi connectivity index (χ3n) is 4.90. The van der Waals surface area contributed by atoms with E-state index in [1.807, 2.05) is 14.0 Å². The molecule has 3 rings (SSSR count). The molecule has 144 valence electrons. The Morgan fingerprint density at radius 2 is 2.30 bits per heavy atom. The van der Waals surface area contributed by atoms with Gasteiger partial charge in [0, 0.05) is 36.2 Å². The van der Waals surface area contributed by atoms with Crippen LogP contribution in [0.5, 0.6) is 0 Å². The Bertz CT molecular complexity index is 850.